The summed E-state index contributed by atoms with van der Waals surface area (Å²) in [5, 5.41) is 12.7. The molecule has 0 atom stereocenters. The molecule has 1 heterocycles. The van der Waals surface area contributed by atoms with E-state index in [0.717, 1.165) is 18.4 Å². The fourth-order valence-electron chi connectivity index (χ4n) is 2.21. The number of carbonyl (C=O) groups excluding carboxylic acids is 1. The molecule has 0 radical (unpaired) electrons. The van der Waals surface area contributed by atoms with Crippen molar-refractivity contribution in [2.45, 2.75) is 37.9 Å². The number of aromatic nitrogens is 3. The summed E-state index contributed by atoms with van der Waals surface area (Å²) in [4.78, 5) is 12.0. The third-order valence-electron chi connectivity index (χ3n) is 3.63. The minimum atomic E-state index is 0.0194. The lowest BCUT2D eigenvalue weighted by Crippen LogP contribution is -2.35. The van der Waals surface area contributed by atoms with E-state index in [4.69, 9.17) is 11.6 Å². The van der Waals surface area contributed by atoms with Gasteiger partial charge in [-0.3, -0.25) is 4.79 Å². The van der Waals surface area contributed by atoms with E-state index in [1.165, 1.54) is 11.8 Å². The number of hydrogen-bond donors (Lipinski definition) is 1. The second kappa shape index (κ2) is 8.36. The van der Waals surface area contributed by atoms with Crippen LogP contribution in [0.4, 0.5) is 0 Å². The summed E-state index contributed by atoms with van der Waals surface area (Å²) in [6.07, 6.45) is 1.88. The molecule has 0 saturated heterocycles. The summed E-state index contributed by atoms with van der Waals surface area (Å²) >= 11 is 7.58. The molecule has 2 rings (SSSR count). The monoisotopic (exact) mass is 352 g/mol. The molecule has 0 bridgehead atoms. The molecule has 1 aromatic carbocycles. The lowest BCUT2D eigenvalue weighted by atomic mass is 10.2. The molecular formula is C16H21ClN4OS. The van der Waals surface area contributed by atoms with Gasteiger partial charge in [-0.05, 0) is 25.0 Å². The molecule has 1 aromatic heterocycles. The van der Waals surface area contributed by atoms with Crippen molar-refractivity contribution < 1.29 is 4.79 Å². The van der Waals surface area contributed by atoms with Crippen molar-refractivity contribution in [3.05, 3.63) is 29.3 Å². The average Bonchev–Trinajstić information content (AvgIpc) is 2.92. The largest absolute Gasteiger partial charge is 0.353 e. The number of rotatable bonds is 7. The van der Waals surface area contributed by atoms with Crippen LogP contribution in [0.3, 0.4) is 0 Å². The van der Waals surface area contributed by atoms with Crippen molar-refractivity contribution in [3.8, 4) is 11.4 Å². The SMILES string of the molecule is CCC(CC)NC(=O)CSc1nnc(-c2ccccc2Cl)n1C. The van der Waals surface area contributed by atoms with E-state index in [1.807, 2.05) is 35.9 Å². The quantitative estimate of drug-likeness (QED) is 0.774. The number of benzene rings is 1. The molecule has 0 unspecified atom stereocenters. The van der Waals surface area contributed by atoms with Gasteiger partial charge in [0.15, 0.2) is 11.0 Å². The molecule has 0 aliphatic carbocycles. The Hall–Kier alpha value is -1.53. The Labute approximate surface area is 145 Å². The van der Waals surface area contributed by atoms with E-state index < -0.39 is 0 Å². The van der Waals surface area contributed by atoms with E-state index in [0.29, 0.717) is 21.8 Å². The second-order valence-electron chi connectivity index (χ2n) is 5.21. The Morgan fingerprint density at radius 3 is 2.65 bits per heavy atom. The van der Waals surface area contributed by atoms with E-state index in [1.54, 1.807) is 0 Å². The number of hydrogen-bond acceptors (Lipinski definition) is 4. The standard InChI is InChI=1S/C16H21ClN4OS/c1-4-11(5-2)18-14(22)10-23-16-20-19-15(21(16)3)12-8-6-7-9-13(12)17/h6-9,11H,4-5,10H2,1-3H3,(H,18,22). The summed E-state index contributed by atoms with van der Waals surface area (Å²) in [6.45, 7) is 4.14. The van der Waals surface area contributed by atoms with Gasteiger partial charge in [-0.25, -0.2) is 0 Å². The highest BCUT2D eigenvalue weighted by atomic mass is 35.5. The van der Waals surface area contributed by atoms with Gasteiger partial charge in [-0.2, -0.15) is 0 Å². The van der Waals surface area contributed by atoms with Crippen LogP contribution in [-0.4, -0.2) is 32.5 Å². The van der Waals surface area contributed by atoms with Crippen LogP contribution >= 0.6 is 23.4 Å². The molecule has 7 heteroatoms. The van der Waals surface area contributed by atoms with Crippen LogP contribution in [0.5, 0.6) is 0 Å². The van der Waals surface area contributed by atoms with Crippen molar-refractivity contribution in [3.63, 3.8) is 0 Å². The number of carbonyl (C=O) groups is 1. The number of nitrogens with one attached hydrogen (secondary N) is 1. The first-order valence-electron chi connectivity index (χ1n) is 7.63. The highest BCUT2D eigenvalue weighted by molar-refractivity contribution is 7.99. The zero-order chi connectivity index (χ0) is 16.8. The van der Waals surface area contributed by atoms with Gasteiger partial charge in [0.25, 0.3) is 0 Å². The molecule has 124 valence electrons. The van der Waals surface area contributed by atoms with Crippen LogP contribution in [0, 0.1) is 0 Å². The number of nitrogens with zero attached hydrogens (tertiary/aromatic N) is 3. The van der Waals surface area contributed by atoms with Crippen LogP contribution in [0.25, 0.3) is 11.4 Å². The molecule has 0 aliphatic heterocycles. The molecule has 5 nitrogen and oxygen atoms in total. The summed E-state index contributed by atoms with van der Waals surface area (Å²) in [7, 11) is 1.87. The molecule has 1 N–H and O–H groups in total. The minimum Gasteiger partial charge on any atom is -0.353 e. The van der Waals surface area contributed by atoms with Crippen LogP contribution < -0.4 is 5.32 Å². The zero-order valence-corrected chi connectivity index (χ0v) is 15.1. The third kappa shape index (κ3) is 4.48. The maximum atomic E-state index is 12.0. The minimum absolute atomic E-state index is 0.0194. The number of thioether (sulfide) groups is 1. The molecular weight excluding hydrogens is 332 g/mol. The van der Waals surface area contributed by atoms with Crippen LogP contribution in [0.15, 0.2) is 29.4 Å². The summed E-state index contributed by atoms with van der Waals surface area (Å²) in [5.41, 5.74) is 0.831. The van der Waals surface area contributed by atoms with Crippen LogP contribution in [-0.2, 0) is 11.8 Å². The first-order chi connectivity index (χ1) is 11.1. The van der Waals surface area contributed by atoms with Gasteiger partial charge in [0.1, 0.15) is 0 Å². The van der Waals surface area contributed by atoms with E-state index >= 15 is 0 Å². The fourth-order valence-corrected chi connectivity index (χ4v) is 3.15. The van der Waals surface area contributed by atoms with Crippen molar-refractivity contribution in [1.29, 1.82) is 0 Å². The van der Waals surface area contributed by atoms with Gasteiger partial charge in [0.2, 0.25) is 5.91 Å². The maximum absolute atomic E-state index is 12.0. The molecule has 1 amide bonds. The van der Waals surface area contributed by atoms with E-state index in [2.05, 4.69) is 29.4 Å². The van der Waals surface area contributed by atoms with Crippen molar-refractivity contribution in [2.75, 3.05) is 5.75 Å². The lowest BCUT2D eigenvalue weighted by Gasteiger charge is -2.14. The third-order valence-corrected chi connectivity index (χ3v) is 4.98. The molecule has 0 saturated carbocycles. The molecule has 23 heavy (non-hydrogen) atoms. The predicted molar refractivity (Wildman–Crippen MR) is 94.7 cm³/mol. The van der Waals surface area contributed by atoms with E-state index in [9.17, 15) is 4.79 Å². The highest BCUT2D eigenvalue weighted by Gasteiger charge is 2.15. The Kier molecular flexibility index (Phi) is 6.47. The fraction of sp³-hybridized carbons (Fsp3) is 0.438. The Bertz CT molecular complexity index is 670. The average molecular weight is 353 g/mol. The van der Waals surface area contributed by atoms with Gasteiger partial charge >= 0.3 is 0 Å². The van der Waals surface area contributed by atoms with Gasteiger partial charge in [0, 0.05) is 18.7 Å². The second-order valence-corrected chi connectivity index (χ2v) is 6.56. The summed E-state index contributed by atoms with van der Waals surface area (Å²) in [5.74, 6) is 1.04. The number of amides is 1. The zero-order valence-electron chi connectivity index (χ0n) is 13.5. The van der Waals surface area contributed by atoms with Gasteiger partial charge in [-0.15, -0.1) is 10.2 Å². The van der Waals surface area contributed by atoms with Gasteiger partial charge in [-0.1, -0.05) is 49.3 Å². The Morgan fingerprint density at radius 2 is 2.00 bits per heavy atom. The Balaban J connectivity index is 2.03. The molecule has 0 spiro atoms. The van der Waals surface area contributed by atoms with E-state index in [-0.39, 0.29) is 11.9 Å². The highest BCUT2D eigenvalue weighted by Crippen LogP contribution is 2.28. The molecule has 0 fully saturated rings. The smallest absolute Gasteiger partial charge is 0.230 e. The Morgan fingerprint density at radius 1 is 1.30 bits per heavy atom. The van der Waals surface area contributed by atoms with Crippen molar-refractivity contribution in [1.82, 2.24) is 20.1 Å². The van der Waals surface area contributed by atoms with Crippen LogP contribution in [0.2, 0.25) is 5.02 Å². The summed E-state index contributed by atoms with van der Waals surface area (Å²) in [6, 6.07) is 7.75. The molecule has 2 aromatic rings. The maximum Gasteiger partial charge on any atom is 0.230 e. The summed E-state index contributed by atoms with van der Waals surface area (Å²) < 4.78 is 1.86. The predicted octanol–water partition coefficient (Wildman–Crippen LogP) is 3.53. The first-order valence-corrected chi connectivity index (χ1v) is 8.99. The molecule has 0 aliphatic rings. The first kappa shape index (κ1) is 17.8. The van der Waals surface area contributed by atoms with Gasteiger partial charge < -0.3 is 9.88 Å². The lowest BCUT2D eigenvalue weighted by molar-refractivity contribution is -0.119. The van der Waals surface area contributed by atoms with Gasteiger partial charge in [0.05, 0.1) is 10.8 Å². The topological polar surface area (TPSA) is 59.8 Å². The van der Waals surface area contributed by atoms with Crippen LogP contribution in [0.1, 0.15) is 26.7 Å². The van der Waals surface area contributed by atoms with Crippen molar-refractivity contribution >= 4 is 29.3 Å². The number of halogens is 1. The van der Waals surface area contributed by atoms with Crippen molar-refractivity contribution in [2.24, 2.45) is 7.05 Å². The normalized spacial score (nSPS) is 11.0.